The number of aromatic nitrogens is 2. The van der Waals surface area contributed by atoms with E-state index >= 15 is 0 Å². The van der Waals surface area contributed by atoms with Crippen LogP contribution in [0.3, 0.4) is 0 Å². The van der Waals surface area contributed by atoms with Crippen LogP contribution < -0.4 is 5.32 Å². The SMILES string of the molecule is Cc1nc2ccc(NC(=O)c3ccnc(F)c3)cc2s1. The third-order valence-electron chi connectivity index (χ3n) is 2.74. The van der Waals surface area contributed by atoms with Crippen LogP contribution in [0, 0.1) is 12.9 Å². The zero-order valence-electron chi connectivity index (χ0n) is 10.6. The molecule has 1 N–H and O–H groups in total. The first kappa shape index (κ1) is 12.7. The van der Waals surface area contributed by atoms with Gasteiger partial charge in [-0.05, 0) is 31.2 Å². The van der Waals surface area contributed by atoms with Crippen molar-refractivity contribution in [2.45, 2.75) is 6.92 Å². The highest BCUT2D eigenvalue weighted by molar-refractivity contribution is 7.18. The van der Waals surface area contributed by atoms with Crippen LogP contribution in [0.2, 0.25) is 0 Å². The summed E-state index contributed by atoms with van der Waals surface area (Å²) in [5, 5.41) is 3.70. The molecule has 0 fully saturated rings. The van der Waals surface area contributed by atoms with Gasteiger partial charge in [0.25, 0.3) is 5.91 Å². The number of amides is 1. The van der Waals surface area contributed by atoms with Gasteiger partial charge in [0.1, 0.15) is 0 Å². The summed E-state index contributed by atoms with van der Waals surface area (Å²) in [4.78, 5) is 19.8. The number of nitrogens with zero attached hydrogens (tertiary/aromatic N) is 2. The molecular weight excluding hydrogens is 277 g/mol. The molecule has 1 aromatic carbocycles. The smallest absolute Gasteiger partial charge is 0.255 e. The van der Waals surface area contributed by atoms with E-state index in [0.717, 1.165) is 21.3 Å². The first-order valence-electron chi connectivity index (χ1n) is 5.92. The zero-order valence-corrected chi connectivity index (χ0v) is 11.4. The number of carbonyl (C=O) groups excluding carboxylic acids is 1. The second kappa shape index (κ2) is 4.97. The first-order chi connectivity index (χ1) is 9.61. The monoisotopic (exact) mass is 287 g/mol. The third kappa shape index (κ3) is 2.50. The minimum Gasteiger partial charge on any atom is -0.322 e. The number of fused-ring (bicyclic) bond motifs is 1. The molecule has 20 heavy (non-hydrogen) atoms. The number of halogens is 1. The number of aryl methyl sites for hydroxylation is 1. The van der Waals surface area contributed by atoms with E-state index in [-0.39, 0.29) is 11.5 Å². The van der Waals surface area contributed by atoms with Crippen molar-refractivity contribution in [3.63, 3.8) is 0 Å². The summed E-state index contributed by atoms with van der Waals surface area (Å²) in [6, 6.07) is 8.05. The maximum absolute atomic E-state index is 13.0. The number of anilines is 1. The molecule has 100 valence electrons. The van der Waals surface area contributed by atoms with Crippen LogP contribution in [0.5, 0.6) is 0 Å². The maximum atomic E-state index is 13.0. The Morgan fingerprint density at radius 3 is 2.95 bits per heavy atom. The molecular formula is C14H10FN3OS. The van der Waals surface area contributed by atoms with Crippen molar-refractivity contribution in [1.82, 2.24) is 9.97 Å². The molecule has 1 amide bonds. The van der Waals surface area contributed by atoms with E-state index in [1.165, 1.54) is 12.3 Å². The fourth-order valence-corrected chi connectivity index (χ4v) is 2.73. The van der Waals surface area contributed by atoms with Gasteiger partial charge in [0.05, 0.1) is 15.2 Å². The largest absolute Gasteiger partial charge is 0.322 e. The highest BCUT2D eigenvalue weighted by Crippen LogP contribution is 2.25. The summed E-state index contributed by atoms with van der Waals surface area (Å²) in [5.74, 6) is -1.04. The number of hydrogen-bond donors (Lipinski definition) is 1. The second-order valence-corrected chi connectivity index (χ2v) is 5.47. The van der Waals surface area contributed by atoms with Gasteiger partial charge in [-0.15, -0.1) is 11.3 Å². The van der Waals surface area contributed by atoms with Crippen LogP contribution in [-0.2, 0) is 0 Å². The van der Waals surface area contributed by atoms with Crippen LogP contribution in [0.25, 0.3) is 10.2 Å². The molecule has 0 bridgehead atoms. The molecule has 0 aliphatic heterocycles. The van der Waals surface area contributed by atoms with Crippen molar-refractivity contribution >= 4 is 33.1 Å². The molecule has 2 heterocycles. The fraction of sp³-hybridized carbons (Fsp3) is 0.0714. The van der Waals surface area contributed by atoms with Crippen molar-refractivity contribution in [1.29, 1.82) is 0 Å². The Morgan fingerprint density at radius 2 is 2.15 bits per heavy atom. The van der Waals surface area contributed by atoms with Gasteiger partial charge in [-0.3, -0.25) is 4.79 Å². The van der Waals surface area contributed by atoms with E-state index in [9.17, 15) is 9.18 Å². The molecule has 4 nitrogen and oxygen atoms in total. The molecule has 6 heteroatoms. The molecule has 0 saturated carbocycles. The lowest BCUT2D eigenvalue weighted by Gasteiger charge is -2.05. The van der Waals surface area contributed by atoms with Gasteiger partial charge in [-0.1, -0.05) is 0 Å². The Labute approximate surface area is 118 Å². The molecule has 0 aliphatic rings. The standard InChI is InChI=1S/C14H10FN3OS/c1-8-17-11-3-2-10(7-12(11)20-8)18-14(19)9-4-5-16-13(15)6-9/h2-7H,1H3,(H,18,19). The van der Waals surface area contributed by atoms with Crippen LogP contribution in [0.15, 0.2) is 36.5 Å². The van der Waals surface area contributed by atoms with E-state index in [1.54, 1.807) is 17.4 Å². The second-order valence-electron chi connectivity index (χ2n) is 4.24. The van der Waals surface area contributed by atoms with E-state index in [0.29, 0.717) is 5.69 Å². The quantitative estimate of drug-likeness (QED) is 0.735. The Hall–Kier alpha value is -2.34. The van der Waals surface area contributed by atoms with E-state index in [1.807, 2.05) is 19.1 Å². The summed E-state index contributed by atoms with van der Waals surface area (Å²) in [6.45, 7) is 1.93. The van der Waals surface area contributed by atoms with Gasteiger partial charge in [-0.2, -0.15) is 4.39 Å². The van der Waals surface area contributed by atoms with Gasteiger partial charge in [0.15, 0.2) is 0 Å². The lowest BCUT2D eigenvalue weighted by molar-refractivity contribution is 0.102. The van der Waals surface area contributed by atoms with Crippen LogP contribution in [0.4, 0.5) is 10.1 Å². The van der Waals surface area contributed by atoms with Crippen molar-refractivity contribution in [2.24, 2.45) is 0 Å². The molecule has 2 aromatic heterocycles. The number of pyridine rings is 1. The predicted molar refractivity (Wildman–Crippen MR) is 76.5 cm³/mol. The summed E-state index contributed by atoms with van der Waals surface area (Å²) in [6.07, 6.45) is 1.26. The minimum atomic E-state index is -0.675. The number of benzene rings is 1. The summed E-state index contributed by atoms with van der Waals surface area (Å²) in [5.41, 5.74) is 1.79. The number of thiazole rings is 1. The number of hydrogen-bond acceptors (Lipinski definition) is 4. The Balaban J connectivity index is 1.87. The van der Waals surface area contributed by atoms with Crippen molar-refractivity contribution < 1.29 is 9.18 Å². The maximum Gasteiger partial charge on any atom is 0.255 e. The normalized spacial score (nSPS) is 10.7. The number of carbonyl (C=O) groups is 1. The lowest BCUT2D eigenvalue weighted by Crippen LogP contribution is -2.12. The number of rotatable bonds is 2. The highest BCUT2D eigenvalue weighted by atomic mass is 32.1. The molecule has 0 unspecified atom stereocenters. The molecule has 0 spiro atoms. The van der Waals surface area contributed by atoms with Crippen LogP contribution >= 0.6 is 11.3 Å². The van der Waals surface area contributed by atoms with E-state index in [4.69, 9.17) is 0 Å². The van der Waals surface area contributed by atoms with Crippen LogP contribution in [-0.4, -0.2) is 15.9 Å². The summed E-state index contributed by atoms with van der Waals surface area (Å²) in [7, 11) is 0. The average Bonchev–Trinajstić information content (AvgIpc) is 2.78. The fourth-order valence-electron chi connectivity index (χ4n) is 1.86. The molecule has 0 saturated heterocycles. The van der Waals surface area contributed by atoms with E-state index in [2.05, 4.69) is 15.3 Å². The highest BCUT2D eigenvalue weighted by Gasteiger charge is 2.08. The van der Waals surface area contributed by atoms with Gasteiger partial charge in [-0.25, -0.2) is 9.97 Å². The van der Waals surface area contributed by atoms with Crippen LogP contribution in [0.1, 0.15) is 15.4 Å². The molecule has 0 aliphatic carbocycles. The zero-order chi connectivity index (χ0) is 14.1. The van der Waals surface area contributed by atoms with Crippen molar-refractivity contribution in [2.75, 3.05) is 5.32 Å². The Bertz CT molecular complexity index is 800. The first-order valence-corrected chi connectivity index (χ1v) is 6.73. The van der Waals surface area contributed by atoms with E-state index < -0.39 is 5.95 Å². The molecule has 0 atom stereocenters. The van der Waals surface area contributed by atoms with Gasteiger partial charge in [0, 0.05) is 23.5 Å². The molecule has 3 aromatic rings. The molecule has 0 radical (unpaired) electrons. The summed E-state index contributed by atoms with van der Waals surface area (Å²) < 4.78 is 14.0. The Kier molecular flexibility index (Phi) is 3.15. The topological polar surface area (TPSA) is 54.9 Å². The Morgan fingerprint density at radius 1 is 1.30 bits per heavy atom. The number of nitrogens with one attached hydrogen (secondary N) is 1. The lowest BCUT2D eigenvalue weighted by atomic mass is 10.2. The summed E-state index contributed by atoms with van der Waals surface area (Å²) >= 11 is 1.56. The average molecular weight is 287 g/mol. The van der Waals surface area contributed by atoms with Gasteiger partial charge < -0.3 is 5.32 Å². The minimum absolute atomic E-state index is 0.234. The third-order valence-corrected chi connectivity index (χ3v) is 3.68. The van der Waals surface area contributed by atoms with Gasteiger partial charge >= 0.3 is 0 Å². The van der Waals surface area contributed by atoms with Crippen molar-refractivity contribution in [3.05, 3.63) is 53.0 Å². The van der Waals surface area contributed by atoms with Crippen molar-refractivity contribution in [3.8, 4) is 0 Å². The van der Waals surface area contributed by atoms with Gasteiger partial charge in [0.2, 0.25) is 5.95 Å². The predicted octanol–water partition coefficient (Wildman–Crippen LogP) is 3.39. The molecule has 3 rings (SSSR count).